The van der Waals surface area contributed by atoms with Crippen LogP contribution in [0.15, 0.2) is 57.9 Å². The van der Waals surface area contributed by atoms with Crippen molar-refractivity contribution in [3.05, 3.63) is 64.1 Å². The van der Waals surface area contributed by atoms with Crippen molar-refractivity contribution in [2.75, 3.05) is 7.11 Å². The summed E-state index contributed by atoms with van der Waals surface area (Å²) in [7, 11) is 1.40. The molecule has 0 heterocycles. The lowest BCUT2D eigenvalue weighted by Crippen LogP contribution is -2.04. The van der Waals surface area contributed by atoms with Crippen molar-refractivity contribution in [3.8, 4) is 0 Å². The van der Waals surface area contributed by atoms with E-state index in [1.807, 2.05) is 36.4 Å². The van der Waals surface area contributed by atoms with Gasteiger partial charge in [-0.1, -0.05) is 30.3 Å². The third kappa shape index (κ3) is 3.61. The molecule has 0 spiro atoms. The largest absolute Gasteiger partial charge is 0.465 e. The Labute approximate surface area is 125 Å². The van der Waals surface area contributed by atoms with Gasteiger partial charge in [-0.05, 0) is 39.7 Å². The Morgan fingerprint density at radius 2 is 1.84 bits per heavy atom. The van der Waals surface area contributed by atoms with E-state index in [0.29, 0.717) is 5.56 Å². The number of esters is 1. The van der Waals surface area contributed by atoms with Gasteiger partial charge in [0.2, 0.25) is 0 Å². The van der Waals surface area contributed by atoms with Crippen molar-refractivity contribution in [2.45, 2.75) is 10.6 Å². The zero-order chi connectivity index (χ0) is 13.7. The molecule has 2 aromatic carbocycles. The molecule has 0 atom stereocenters. The molecule has 0 N–H and O–H groups in total. The molecule has 0 aliphatic heterocycles. The van der Waals surface area contributed by atoms with E-state index in [9.17, 15) is 4.79 Å². The lowest BCUT2D eigenvalue weighted by Gasteiger charge is -2.08. The number of hydrogen-bond acceptors (Lipinski definition) is 3. The quantitative estimate of drug-likeness (QED) is 0.606. The molecule has 2 nitrogen and oxygen atoms in total. The van der Waals surface area contributed by atoms with Crippen molar-refractivity contribution in [1.29, 1.82) is 0 Å². The second kappa shape index (κ2) is 6.78. The number of carbonyl (C=O) groups is 1. The second-order valence-electron chi connectivity index (χ2n) is 3.87. The summed E-state index contributed by atoms with van der Waals surface area (Å²) in [6, 6.07) is 15.6. The molecule has 98 valence electrons. The standard InChI is InChI=1S/C15H13BrO2S/c1-18-15(17)12-7-3-2-6-11(12)10-19-14-9-5-4-8-13(14)16/h2-9H,10H2,1H3. The van der Waals surface area contributed by atoms with Crippen LogP contribution in [0.3, 0.4) is 0 Å². The van der Waals surface area contributed by atoms with Gasteiger partial charge in [0, 0.05) is 15.1 Å². The molecule has 0 aromatic heterocycles. The summed E-state index contributed by atoms with van der Waals surface area (Å²) >= 11 is 5.21. The van der Waals surface area contributed by atoms with E-state index < -0.39 is 0 Å². The van der Waals surface area contributed by atoms with Gasteiger partial charge in [-0.15, -0.1) is 11.8 Å². The third-order valence-electron chi connectivity index (χ3n) is 2.64. The Kier molecular flexibility index (Phi) is 5.05. The van der Waals surface area contributed by atoms with E-state index in [4.69, 9.17) is 4.74 Å². The number of ether oxygens (including phenoxy) is 1. The fraction of sp³-hybridized carbons (Fsp3) is 0.133. The molecule has 0 saturated heterocycles. The first-order chi connectivity index (χ1) is 9.22. The minimum absolute atomic E-state index is 0.289. The number of carbonyl (C=O) groups excluding carboxylic acids is 1. The predicted molar refractivity (Wildman–Crippen MR) is 81.5 cm³/mol. The summed E-state index contributed by atoms with van der Waals surface area (Å²) < 4.78 is 5.86. The lowest BCUT2D eigenvalue weighted by molar-refractivity contribution is 0.0600. The smallest absolute Gasteiger partial charge is 0.338 e. The van der Waals surface area contributed by atoms with Gasteiger partial charge in [0.1, 0.15) is 0 Å². The van der Waals surface area contributed by atoms with Crippen LogP contribution in [0.1, 0.15) is 15.9 Å². The zero-order valence-electron chi connectivity index (χ0n) is 10.4. The van der Waals surface area contributed by atoms with E-state index in [0.717, 1.165) is 20.7 Å². The Morgan fingerprint density at radius 1 is 1.16 bits per heavy atom. The molecule has 0 fully saturated rings. The molecule has 2 aromatic rings. The fourth-order valence-corrected chi connectivity index (χ4v) is 3.24. The first kappa shape index (κ1) is 14.2. The predicted octanol–water partition coefficient (Wildman–Crippen LogP) is 4.53. The van der Waals surface area contributed by atoms with Gasteiger partial charge in [0.05, 0.1) is 12.7 Å². The minimum Gasteiger partial charge on any atom is -0.465 e. The normalized spacial score (nSPS) is 10.2. The fourth-order valence-electron chi connectivity index (χ4n) is 1.67. The summed E-state index contributed by atoms with van der Waals surface area (Å²) in [6.45, 7) is 0. The number of methoxy groups -OCH3 is 1. The Morgan fingerprint density at radius 3 is 2.58 bits per heavy atom. The molecule has 2 rings (SSSR count). The van der Waals surface area contributed by atoms with Crippen LogP contribution < -0.4 is 0 Å². The van der Waals surface area contributed by atoms with Crippen LogP contribution >= 0.6 is 27.7 Å². The highest BCUT2D eigenvalue weighted by molar-refractivity contribution is 9.10. The monoisotopic (exact) mass is 336 g/mol. The number of thioether (sulfide) groups is 1. The molecular weight excluding hydrogens is 324 g/mol. The number of halogens is 1. The summed E-state index contributed by atoms with van der Waals surface area (Å²) in [6.07, 6.45) is 0. The number of rotatable bonds is 4. The number of benzene rings is 2. The van der Waals surface area contributed by atoms with Gasteiger partial charge in [0.25, 0.3) is 0 Å². The van der Waals surface area contributed by atoms with Crippen LogP contribution in [0.2, 0.25) is 0 Å². The molecule has 0 radical (unpaired) electrons. The summed E-state index contributed by atoms with van der Waals surface area (Å²) in [5.41, 5.74) is 1.61. The van der Waals surface area contributed by atoms with Gasteiger partial charge >= 0.3 is 5.97 Å². The van der Waals surface area contributed by atoms with Crippen LogP contribution in [0.25, 0.3) is 0 Å². The van der Waals surface area contributed by atoms with E-state index in [-0.39, 0.29) is 5.97 Å². The van der Waals surface area contributed by atoms with Crippen LogP contribution in [0.4, 0.5) is 0 Å². The molecule has 0 unspecified atom stereocenters. The first-order valence-electron chi connectivity index (χ1n) is 5.76. The zero-order valence-corrected chi connectivity index (χ0v) is 12.8. The molecule has 0 aliphatic carbocycles. The number of hydrogen-bond donors (Lipinski definition) is 0. The summed E-state index contributed by atoms with van der Waals surface area (Å²) in [4.78, 5) is 12.8. The van der Waals surface area contributed by atoms with Crippen molar-refractivity contribution in [3.63, 3.8) is 0 Å². The van der Waals surface area contributed by atoms with Crippen molar-refractivity contribution in [1.82, 2.24) is 0 Å². The lowest BCUT2D eigenvalue weighted by atomic mass is 10.1. The first-order valence-corrected chi connectivity index (χ1v) is 7.54. The van der Waals surface area contributed by atoms with E-state index in [2.05, 4.69) is 22.0 Å². The van der Waals surface area contributed by atoms with Crippen LogP contribution in [0, 0.1) is 0 Å². The highest BCUT2D eigenvalue weighted by atomic mass is 79.9. The van der Waals surface area contributed by atoms with Gasteiger partial charge in [-0.25, -0.2) is 4.79 Å². The van der Waals surface area contributed by atoms with Crippen LogP contribution in [0.5, 0.6) is 0 Å². The maximum absolute atomic E-state index is 11.7. The van der Waals surface area contributed by atoms with Gasteiger partial charge in [-0.2, -0.15) is 0 Å². The van der Waals surface area contributed by atoms with Gasteiger partial charge in [-0.3, -0.25) is 0 Å². The van der Waals surface area contributed by atoms with Crippen molar-refractivity contribution < 1.29 is 9.53 Å². The minimum atomic E-state index is -0.289. The maximum Gasteiger partial charge on any atom is 0.338 e. The molecule has 0 saturated carbocycles. The average molecular weight is 337 g/mol. The SMILES string of the molecule is COC(=O)c1ccccc1CSc1ccccc1Br. The molecule has 0 amide bonds. The Balaban J connectivity index is 2.16. The Bertz CT molecular complexity index is 584. The summed E-state index contributed by atoms with van der Waals surface area (Å²) in [5, 5.41) is 0. The van der Waals surface area contributed by atoms with Crippen LogP contribution in [-0.2, 0) is 10.5 Å². The highest BCUT2D eigenvalue weighted by Gasteiger charge is 2.11. The average Bonchev–Trinajstić information content (AvgIpc) is 2.46. The van der Waals surface area contributed by atoms with Crippen LogP contribution in [-0.4, -0.2) is 13.1 Å². The molecule has 19 heavy (non-hydrogen) atoms. The highest BCUT2D eigenvalue weighted by Crippen LogP contribution is 2.30. The molecule has 4 heteroatoms. The molecule has 0 bridgehead atoms. The van der Waals surface area contributed by atoms with Gasteiger partial charge < -0.3 is 4.74 Å². The van der Waals surface area contributed by atoms with E-state index in [1.165, 1.54) is 7.11 Å². The molecular formula is C15H13BrO2S. The molecule has 0 aliphatic rings. The Hall–Kier alpha value is -1.26. The maximum atomic E-state index is 11.7. The van der Waals surface area contributed by atoms with Crippen molar-refractivity contribution >= 4 is 33.7 Å². The topological polar surface area (TPSA) is 26.3 Å². The second-order valence-corrected chi connectivity index (χ2v) is 5.74. The summed E-state index contributed by atoms with van der Waals surface area (Å²) in [5.74, 6) is 0.441. The van der Waals surface area contributed by atoms with E-state index >= 15 is 0 Å². The van der Waals surface area contributed by atoms with Gasteiger partial charge in [0.15, 0.2) is 0 Å². The van der Waals surface area contributed by atoms with E-state index in [1.54, 1.807) is 17.8 Å². The third-order valence-corrected chi connectivity index (χ3v) is 4.72. The van der Waals surface area contributed by atoms with Crippen molar-refractivity contribution in [2.24, 2.45) is 0 Å².